The third-order valence-corrected chi connectivity index (χ3v) is 3.62. The Hall–Kier alpha value is -0.450. The minimum absolute atomic E-state index is 0.613. The fraction of sp³-hybridized carbons (Fsp3) is 0.727. The summed E-state index contributed by atoms with van der Waals surface area (Å²) in [6.45, 7) is 8.90. The number of aryl methyl sites for hydroxylation is 1. The van der Waals surface area contributed by atoms with E-state index in [9.17, 15) is 0 Å². The quantitative estimate of drug-likeness (QED) is 0.829. The monoisotopic (exact) mass is 225 g/mol. The Morgan fingerprint density at radius 3 is 3.27 bits per heavy atom. The van der Waals surface area contributed by atoms with Crippen LogP contribution in [0.2, 0.25) is 0 Å². The Balaban J connectivity index is 1.92. The second kappa shape index (κ2) is 5.05. The Morgan fingerprint density at radius 1 is 1.67 bits per heavy atom. The zero-order valence-corrected chi connectivity index (χ0v) is 10.3. The molecule has 1 N–H and O–H groups in total. The molecule has 1 atom stereocenters. The molecule has 0 amide bonds. The van der Waals surface area contributed by atoms with E-state index in [1.54, 1.807) is 0 Å². The molecule has 1 aliphatic heterocycles. The molecule has 1 aromatic heterocycles. The predicted molar refractivity (Wildman–Crippen MR) is 64.2 cm³/mol. The number of aromatic nitrogens is 1. The van der Waals surface area contributed by atoms with Crippen LogP contribution in [0.4, 0.5) is 0 Å². The molecule has 1 aromatic rings. The molecule has 2 heterocycles. The van der Waals surface area contributed by atoms with Crippen molar-refractivity contribution in [2.75, 3.05) is 19.6 Å². The van der Waals surface area contributed by atoms with Crippen LogP contribution in [0.1, 0.15) is 23.2 Å². The van der Waals surface area contributed by atoms with Gasteiger partial charge in [0.1, 0.15) is 0 Å². The lowest BCUT2D eigenvalue weighted by molar-refractivity contribution is 0.267. The van der Waals surface area contributed by atoms with Crippen LogP contribution in [0.5, 0.6) is 0 Å². The summed E-state index contributed by atoms with van der Waals surface area (Å²) in [6.07, 6.45) is 3.27. The highest BCUT2D eigenvalue weighted by Gasteiger charge is 2.14. The molecule has 1 aliphatic rings. The molecule has 0 aliphatic carbocycles. The van der Waals surface area contributed by atoms with Crippen LogP contribution in [-0.4, -0.2) is 35.6 Å². The molecule has 4 heteroatoms. The van der Waals surface area contributed by atoms with Crippen LogP contribution in [0, 0.1) is 6.92 Å². The van der Waals surface area contributed by atoms with Crippen molar-refractivity contribution in [3.05, 3.63) is 16.1 Å². The third kappa shape index (κ3) is 3.26. The van der Waals surface area contributed by atoms with Crippen molar-refractivity contribution in [2.45, 2.75) is 32.9 Å². The molecule has 1 unspecified atom stereocenters. The second-order valence-corrected chi connectivity index (χ2v) is 5.61. The molecular formula is C11H19N3S. The number of nitrogens with one attached hydrogen (secondary N) is 1. The zero-order chi connectivity index (χ0) is 10.7. The summed E-state index contributed by atoms with van der Waals surface area (Å²) in [7, 11) is 0. The average molecular weight is 225 g/mol. The van der Waals surface area contributed by atoms with Gasteiger partial charge in [-0.3, -0.25) is 4.90 Å². The second-order valence-electron chi connectivity index (χ2n) is 4.29. The standard InChI is InChI=1S/C11H19N3S/c1-9-7-14(5-3-4-12-9)8-11-6-13-10(2)15-11/h6,9,12H,3-5,7-8H2,1-2H3. The highest BCUT2D eigenvalue weighted by atomic mass is 32.1. The number of rotatable bonds is 2. The van der Waals surface area contributed by atoms with Crippen LogP contribution in [0.3, 0.4) is 0 Å². The van der Waals surface area contributed by atoms with Gasteiger partial charge in [-0.05, 0) is 33.4 Å². The van der Waals surface area contributed by atoms with E-state index >= 15 is 0 Å². The number of hydrogen-bond acceptors (Lipinski definition) is 4. The molecule has 84 valence electrons. The predicted octanol–water partition coefficient (Wildman–Crippen LogP) is 1.64. The molecule has 2 rings (SSSR count). The molecule has 1 saturated heterocycles. The Labute approximate surface area is 95.5 Å². The highest BCUT2D eigenvalue weighted by molar-refractivity contribution is 7.11. The summed E-state index contributed by atoms with van der Waals surface area (Å²) >= 11 is 1.82. The van der Waals surface area contributed by atoms with Gasteiger partial charge < -0.3 is 5.32 Å². The number of nitrogens with zero attached hydrogens (tertiary/aromatic N) is 2. The molecule has 3 nitrogen and oxygen atoms in total. The summed E-state index contributed by atoms with van der Waals surface area (Å²) < 4.78 is 0. The zero-order valence-electron chi connectivity index (χ0n) is 9.49. The van der Waals surface area contributed by atoms with Crippen molar-refractivity contribution >= 4 is 11.3 Å². The maximum absolute atomic E-state index is 4.30. The van der Waals surface area contributed by atoms with Crippen molar-refractivity contribution in [3.8, 4) is 0 Å². The van der Waals surface area contributed by atoms with E-state index in [-0.39, 0.29) is 0 Å². The van der Waals surface area contributed by atoms with Crippen LogP contribution in [0.25, 0.3) is 0 Å². The molecule has 1 fully saturated rings. The summed E-state index contributed by atoms with van der Waals surface area (Å²) in [4.78, 5) is 8.22. The molecule has 0 saturated carbocycles. The third-order valence-electron chi connectivity index (χ3n) is 2.72. The molecule has 0 radical (unpaired) electrons. The summed E-state index contributed by atoms with van der Waals surface area (Å²) in [5, 5.41) is 4.68. The lowest BCUT2D eigenvalue weighted by Crippen LogP contribution is -2.34. The summed E-state index contributed by atoms with van der Waals surface area (Å²) in [6, 6.07) is 0.613. The first-order valence-corrected chi connectivity index (χ1v) is 6.43. The van der Waals surface area contributed by atoms with Crippen molar-refractivity contribution in [3.63, 3.8) is 0 Å². The first kappa shape index (κ1) is 11.0. The van der Waals surface area contributed by atoms with Crippen molar-refractivity contribution in [2.24, 2.45) is 0 Å². The molecule has 15 heavy (non-hydrogen) atoms. The van der Waals surface area contributed by atoms with E-state index in [1.807, 2.05) is 17.5 Å². The van der Waals surface area contributed by atoms with Gasteiger partial charge >= 0.3 is 0 Å². The van der Waals surface area contributed by atoms with Crippen LogP contribution >= 0.6 is 11.3 Å². The van der Waals surface area contributed by atoms with Gasteiger partial charge in [-0.25, -0.2) is 4.98 Å². The summed E-state index contributed by atoms with van der Waals surface area (Å²) in [5.74, 6) is 0. The van der Waals surface area contributed by atoms with Gasteiger partial charge in [0.25, 0.3) is 0 Å². The maximum atomic E-state index is 4.30. The SMILES string of the molecule is Cc1ncc(CN2CCCNC(C)C2)s1. The topological polar surface area (TPSA) is 28.2 Å². The molecular weight excluding hydrogens is 206 g/mol. The normalized spacial score (nSPS) is 24.0. The van der Waals surface area contributed by atoms with Gasteiger partial charge in [-0.1, -0.05) is 0 Å². The van der Waals surface area contributed by atoms with Gasteiger partial charge in [0.2, 0.25) is 0 Å². The first-order chi connectivity index (χ1) is 7.24. The van der Waals surface area contributed by atoms with Gasteiger partial charge in [0.05, 0.1) is 5.01 Å². The Bertz CT molecular complexity index is 311. The van der Waals surface area contributed by atoms with Gasteiger partial charge in [0.15, 0.2) is 0 Å². The van der Waals surface area contributed by atoms with E-state index in [1.165, 1.54) is 22.9 Å². The highest BCUT2D eigenvalue weighted by Crippen LogP contribution is 2.15. The smallest absolute Gasteiger partial charge is 0.0897 e. The van der Waals surface area contributed by atoms with Gasteiger partial charge in [0, 0.05) is 30.2 Å². The van der Waals surface area contributed by atoms with Gasteiger partial charge in [-0.2, -0.15) is 0 Å². The summed E-state index contributed by atoms with van der Waals surface area (Å²) in [5.41, 5.74) is 0. The fourth-order valence-electron chi connectivity index (χ4n) is 2.04. The first-order valence-electron chi connectivity index (χ1n) is 5.61. The van der Waals surface area contributed by atoms with E-state index < -0.39 is 0 Å². The number of hydrogen-bond donors (Lipinski definition) is 1. The average Bonchev–Trinajstić information content (AvgIpc) is 2.46. The Kier molecular flexibility index (Phi) is 3.72. The lowest BCUT2D eigenvalue weighted by Gasteiger charge is -2.21. The van der Waals surface area contributed by atoms with Crippen molar-refractivity contribution in [1.29, 1.82) is 0 Å². The van der Waals surface area contributed by atoms with Crippen LogP contribution in [-0.2, 0) is 6.54 Å². The minimum Gasteiger partial charge on any atom is -0.313 e. The van der Waals surface area contributed by atoms with E-state index in [0.717, 1.165) is 19.6 Å². The minimum atomic E-state index is 0.613. The Morgan fingerprint density at radius 2 is 2.53 bits per heavy atom. The molecule has 0 aromatic carbocycles. The van der Waals surface area contributed by atoms with Crippen LogP contribution in [0.15, 0.2) is 6.20 Å². The fourth-order valence-corrected chi connectivity index (χ4v) is 2.87. The van der Waals surface area contributed by atoms with Crippen molar-refractivity contribution < 1.29 is 0 Å². The largest absolute Gasteiger partial charge is 0.313 e. The molecule has 0 spiro atoms. The van der Waals surface area contributed by atoms with E-state index in [4.69, 9.17) is 0 Å². The van der Waals surface area contributed by atoms with E-state index in [0.29, 0.717) is 6.04 Å². The molecule has 0 bridgehead atoms. The lowest BCUT2D eigenvalue weighted by atomic mass is 10.3. The van der Waals surface area contributed by atoms with E-state index in [2.05, 4.69) is 29.0 Å². The van der Waals surface area contributed by atoms with Gasteiger partial charge in [-0.15, -0.1) is 11.3 Å². The number of thiazole rings is 1. The van der Waals surface area contributed by atoms with Crippen molar-refractivity contribution in [1.82, 2.24) is 15.2 Å². The maximum Gasteiger partial charge on any atom is 0.0897 e. The van der Waals surface area contributed by atoms with Crippen LogP contribution < -0.4 is 5.32 Å².